The minimum absolute atomic E-state index is 0.0184. The highest BCUT2D eigenvalue weighted by Crippen LogP contribution is 2.29. The smallest absolute Gasteiger partial charge is 0.193 e. The molecular weight excluding hydrogens is 450 g/mol. The number of benzene rings is 2. The second kappa shape index (κ2) is 8.78. The summed E-state index contributed by atoms with van der Waals surface area (Å²) in [6.45, 7) is 1.07. The lowest BCUT2D eigenvalue weighted by atomic mass is 10.00. The standard InChI is InChI=1S/C24H18F2N2O4S/c1-33(30,31)22-5-3-15(13-27)10-17(22)19-12-21(29)23-20(28-19)11-18(25)16(24(23)26)4-2-14-6-8-32-9-7-14/h3,5,10-12,14H,6-9H2,1H3,(H,28,29). The highest BCUT2D eigenvalue weighted by molar-refractivity contribution is 7.90. The highest BCUT2D eigenvalue weighted by Gasteiger charge is 2.20. The number of nitriles is 1. The third-order valence-corrected chi connectivity index (χ3v) is 6.59. The Kier molecular flexibility index (Phi) is 6.03. The Labute approximate surface area is 188 Å². The monoisotopic (exact) mass is 468 g/mol. The Morgan fingerprint density at radius 2 is 1.88 bits per heavy atom. The Morgan fingerprint density at radius 3 is 2.55 bits per heavy atom. The molecule has 0 aliphatic carbocycles. The van der Waals surface area contributed by atoms with Crippen LogP contribution in [0.15, 0.2) is 40.0 Å². The number of ether oxygens (including phenoxy) is 1. The van der Waals surface area contributed by atoms with Gasteiger partial charge in [-0.2, -0.15) is 5.26 Å². The van der Waals surface area contributed by atoms with Crippen LogP contribution in [0.25, 0.3) is 22.2 Å². The van der Waals surface area contributed by atoms with E-state index in [4.69, 9.17) is 4.74 Å². The second-order valence-electron chi connectivity index (χ2n) is 7.77. The van der Waals surface area contributed by atoms with Gasteiger partial charge in [0.2, 0.25) is 0 Å². The molecule has 0 bridgehead atoms. The zero-order valence-corrected chi connectivity index (χ0v) is 18.4. The van der Waals surface area contributed by atoms with Gasteiger partial charge >= 0.3 is 0 Å². The van der Waals surface area contributed by atoms with Crippen molar-refractivity contribution in [3.8, 4) is 29.2 Å². The van der Waals surface area contributed by atoms with Crippen molar-refractivity contribution in [2.45, 2.75) is 17.7 Å². The topological polar surface area (TPSA) is 100 Å². The molecule has 6 nitrogen and oxygen atoms in total. The van der Waals surface area contributed by atoms with E-state index in [0.717, 1.165) is 18.4 Å². The molecule has 33 heavy (non-hydrogen) atoms. The van der Waals surface area contributed by atoms with Gasteiger partial charge in [0.1, 0.15) is 5.82 Å². The van der Waals surface area contributed by atoms with Crippen LogP contribution in [-0.2, 0) is 14.6 Å². The number of aromatic amines is 1. The fourth-order valence-electron chi connectivity index (χ4n) is 3.75. The average molecular weight is 468 g/mol. The van der Waals surface area contributed by atoms with Gasteiger partial charge in [-0.05, 0) is 37.1 Å². The molecule has 168 valence electrons. The molecule has 0 atom stereocenters. The van der Waals surface area contributed by atoms with Crippen molar-refractivity contribution in [3.63, 3.8) is 0 Å². The third-order valence-electron chi connectivity index (χ3n) is 5.43. The SMILES string of the molecule is CS(=O)(=O)c1ccc(C#N)cc1-c1cc(=O)c2c(F)c(C#CC3CCOCC3)c(F)cc2[nH]1. The molecule has 1 aliphatic heterocycles. The predicted octanol–water partition coefficient (Wildman–Crippen LogP) is 3.53. The fourth-order valence-corrected chi connectivity index (χ4v) is 4.64. The Morgan fingerprint density at radius 1 is 1.15 bits per heavy atom. The number of hydrogen-bond donors (Lipinski definition) is 1. The zero-order chi connectivity index (χ0) is 23.8. The second-order valence-corrected chi connectivity index (χ2v) is 9.75. The van der Waals surface area contributed by atoms with E-state index in [2.05, 4.69) is 16.8 Å². The van der Waals surface area contributed by atoms with E-state index in [0.29, 0.717) is 26.1 Å². The summed E-state index contributed by atoms with van der Waals surface area (Å²) < 4.78 is 59.6. The first kappa shape index (κ1) is 22.7. The summed E-state index contributed by atoms with van der Waals surface area (Å²) in [6, 6.07) is 7.79. The molecule has 0 radical (unpaired) electrons. The number of pyridine rings is 1. The van der Waals surface area contributed by atoms with Gasteiger partial charge < -0.3 is 9.72 Å². The first-order valence-corrected chi connectivity index (χ1v) is 12.0. The Balaban J connectivity index is 1.89. The summed E-state index contributed by atoms with van der Waals surface area (Å²) in [4.78, 5) is 15.4. The summed E-state index contributed by atoms with van der Waals surface area (Å²) in [5, 5.41) is 8.81. The van der Waals surface area contributed by atoms with Gasteiger partial charge in [0.05, 0.1) is 38.7 Å². The van der Waals surface area contributed by atoms with E-state index < -0.39 is 32.5 Å². The van der Waals surface area contributed by atoms with E-state index in [1.807, 2.05) is 6.07 Å². The molecule has 0 amide bonds. The number of sulfone groups is 1. The molecule has 0 spiro atoms. The van der Waals surface area contributed by atoms with E-state index in [9.17, 15) is 22.9 Å². The zero-order valence-electron chi connectivity index (χ0n) is 17.5. The minimum atomic E-state index is -3.72. The highest BCUT2D eigenvalue weighted by atomic mass is 32.2. The largest absolute Gasteiger partial charge is 0.381 e. The molecule has 2 aromatic carbocycles. The molecular formula is C24H18F2N2O4S. The molecule has 0 unspecified atom stereocenters. The maximum atomic E-state index is 15.1. The predicted molar refractivity (Wildman–Crippen MR) is 118 cm³/mol. The maximum Gasteiger partial charge on any atom is 0.193 e. The van der Waals surface area contributed by atoms with Gasteiger partial charge in [-0.15, -0.1) is 0 Å². The van der Waals surface area contributed by atoms with Crippen LogP contribution >= 0.6 is 0 Å². The van der Waals surface area contributed by atoms with Crippen LogP contribution in [0.2, 0.25) is 0 Å². The van der Waals surface area contributed by atoms with Crippen LogP contribution in [0.5, 0.6) is 0 Å². The Hall–Kier alpha value is -3.53. The van der Waals surface area contributed by atoms with Crippen molar-refractivity contribution in [2.75, 3.05) is 19.5 Å². The van der Waals surface area contributed by atoms with Crippen LogP contribution < -0.4 is 5.43 Å². The fraction of sp³-hybridized carbons (Fsp3) is 0.250. The number of fused-ring (bicyclic) bond motifs is 1. The van der Waals surface area contributed by atoms with Crippen molar-refractivity contribution in [3.05, 3.63) is 63.3 Å². The van der Waals surface area contributed by atoms with Gasteiger partial charge in [-0.3, -0.25) is 4.79 Å². The van der Waals surface area contributed by atoms with Crippen molar-refractivity contribution >= 4 is 20.7 Å². The molecule has 4 rings (SSSR count). The minimum Gasteiger partial charge on any atom is -0.381 e. The molecule has 9 heteroatoms. The van der Waals surface area contributed by atoms with Gasteiger partial charge in [-0.25, -0.2) is 17.2 Å². The van der Waals surface area contributed by atoms with Crippen molar-refractivity contribution < 1.29 is 21.9 Å². The summed E-state index contributed by atoms with van der Waals surface area (Å²) in [6.07, 6.45) is 2.32. The number of nitrogens with zero attached hydrogens (tertiary/aromatic N) is 1. The first-order valence-electron chi connectivity index (χ1n) is 10.1. The number of H-pyrrole nitrogens is 1. The summed E-state index contributed by atoms with van der Waals surface area (Å²) in [5.74, 6) is 3.33. The normalized spacial score (nSPS) is 14.5. The molecule has 1 fully saturated rings. The molecule has 2 heterocycles. The molecule has 1 N–H and O–H groups in total. The molecule has 1 aromatic heterocycles. The lowest BCUT2D eigenvalue weighted by Crippen LogP contribution is -2.14. The summed E-state index contributed by atoms with van der Waals surface area (Å²) in [7, 11) is -3.72. The molecule has 0 saturated carbocycles. The Bertz CT molecular complexity index is 1540. The lowest BCUT2D eigenvalue weighted by Gasteiger charge is -2.16. The number of aromatic nitrogens is 1. The average Bonchev–Trinajstić information content (AvgIpc) is 2.78. The van der Waals surface area contributed by atoms with Gasteiger partial charge in [0.25, 0.3) is 0 Å². The van der Waals surface area contributed by atoms with E-state index >= 15 is 4.39 Å². The number of hydrogen-bond acceptors (Lipinski definition) is 5. The summed E-state index contributed by atoms with van der Waals surface area (Å²) >= 11 is 0. The third kappa shape index (κ3) is 4.51. The van der Waals surface area contributed by atoms with Crippen LogP contribution in [0.4, 0.5) is 8.78 Å². The van der Waals surface area contributed by atoms with Crippen molar-refractivity contribution in [1.82, 2.24) is 4.98 Å². The van der Waals surface area contributed by atoms with E-state index in [1.54, 1.807) is 0 Å². The molecule has 1 aliphatic rings. The first-order chi connectivity index (χ1) is 15.7. The van der Waals surface area contributed by atoms with Crippen LogP contribution in [0.3, 0.4) is 0 Å². The van der Waals surface area contributed by atoms with Crippen molar-refractivity contribution in [1.29, 1.82) is 5.26 Å². The maximum absolute atomic E-state index is 15.1. The van der Waals surface area contributed by atoms with Gasteiger partial charge in [-0.1, -0.05) is 11.8 Å². The van der Waals surface area contributed by atoms with Gasteiger partial charge in [0.15, 0.2) is 21.1 Å². The quantitative estimate of drug-likeness (QED) is 0.580. The number of nitrogens with one attached hydrogen (secondary N) is 1. The van der Waals surface area contributed by atoms with Crippen molar-refractivity contribution in [2.24, 2.45) is 5.92 Å². The summed E-state index contributed by atoms with van der Waals surface area (Å²) in [5.41, 5.74) is -1.17. The van der Waals surface area contributed by atoms with Crippen LogP contribution in [-0.4, -0.2) is 32.9 Å². The molecule has 1 saturated heterocycles. The van der Waals surface area contributed by atoms with Gasteiger partial charge in [0, 0.05) is 37.0 Å². The number of rotatable bonds is 2. The lowest BCUT2D eigenvalue weighted by molar-refractivity contribution is 0.0807. The van der Waals surface area contributed by atoms with E-state index in [-0.39, 0.29) is 38.5 Å². The number of halogens is 2. The molecule has 3 aromatic rings. The van der Waals surface area contributed by atoms with Crippen LogP contribution in [0, 0.1) is 40.7 Å². The van der Waals surface area contributed by atoms with E-state index in [1.165, 1.54) is 18.2 Å². The van der Waals surface area contributed by atoms with Crippen LogP contribution in [0.1, 0.15) is 24.0 Å².